The summed E-state index contributed by atoms with van der Waals surface area (Å²) in [5, 5.41) is 3.89. The highest BCUT2D eigenvalue weighted by Crippen LogP contribution is 2.36. The maximum absolute atomic E-state index is 12.4. The number of hydrogen-bond acceptors (Lipinski definition) is 4. The average Bonchev–Trinajstić information content (AvgIpc) is 3.08. The Balaban J connectivity index is 1.45. The second kappa shape index (κ2) is 6.43. The maximum atomic E-state index is 12.4. The van der Waals surface area contributed by atoms with E-state index in [-0.39, 0.29) is 12.2 Å². The van der Waals surface area contributed by atoms with E-state index in [1.165, 1.54) is 0 Å². The Hall–Kier alpha value is -3.08. The summed E-state index contributed by atoms with van der Waals surface area (Å²) in [7, 11) is 0. The second-order valence-corrected chi connectivity index (χ2v) is 5.95. The molecule has 1 atom stereocenters. The van der Waals surface area contributed by atoms with Crippen LogP contribution in [0.15, 0.2) is 54.7 Å². The molecule has 1 N–H and O–H groups in total. The summed E-state index contributed by atoms with van der Waals surface area (Å²) in [4.78, 5) is 16.7. The SMILES string of the molecule is CCC1Oc2ccc(CNC(=O)c3ccc4ncccc4c3)cc2O1. The zero-order chi connectivity index (χ0) is 17.2. The Morgan fingerprint density at radius 3 is 2.88 bits per heavy atom. The van der Waals surface area contributed by atoms with Crippen LogP contribution in [-0.4, -0.2) is 17.2 Å². The third-order valence-corrected chi connectivity index (χ3v) is 4.18. The van der Waals surface area contributed by atoms with Gasteiger partial charge in [-0.25, -0.2) is 0 Å². The summed E-state index contributed by atoms with van der Waals surface area (Å²) in [5.74, 6) is 1.37. The van der Waals surface area contributed by atoms with E-state index in [2.05, 4.69) is 10.3 Å². The van der Waals surface area contributed by atoms with Crippen LogP contribution in [0, 0.1) is 0 Å². The van der Waals surface area contributed by atoms with Crippen LogP contribution in [0.3, 0.4) is 0 Å². The minimum absolute atomic E-state index is 0.116. The summed E-state index contributed by atoms with van der Waals surface area (Å²) in [6.45, 7) is 2.44. The number of carbonyl (C=O) groups excluding carboxylic acids is 1. The van der Waals surface area contributed by atoms with Crippen molar-refractivity contribution in [2.24, 2.45) is 0 Å². The number of fused-ring (bicyclic) bond motifs is 2. The predicted molar refractivity (Wildman–Crippen MR) is 94.7 cm³/mol. The van der Waals surface area contributed by atoms with E-state index in [1.807, 2.05) is 49.4 Å². The first kappa shape index (κ1) is 15.4. The van der Waals surface area contributed by atoms with Gasteiger partial charge in [-0.3, -0.25) is 9.78 Å². The molecule has 1 aliphatic rings. The average molecular weight is 334 g/mol. The van der Waals surface area contributed by atoms with Crippen molar-refractivity contribution in [3.8, 4) is 11.5 Å². The summed E-state index contributed by atoms with van der Waals surface area (Å²) >= 11 is 0. The van der Waals surface area contributed by atoms with E-state index in [9.17, 15) is 4.79 Å². The van der Waals surface area contributed by atoms with Crippen LogP contribution in [0.2, 0.25) is 0 Å². The summed E-state index contributed by atoms with van der Waals surface area (Å²) in [6.07, 6.45) is 2.31. The molecular formula is C20H18N2O3. The molecule has 0 radical (unpaired) electrons. The van der Waals surface area contributed by atoms with Gasteiger partial charge in [0.25, 0.3) is 5.91 Å². The molecule has 2 aromatic carbocycles. The van der Waals surface area contributed by atoms with Gasteiger partial charge in [0.15, 0.2) is 11.5 Å². The summed E-state index contributed by atoms with van der Waals surface area (Å²) in [6, 6.07) is 15.0. The Kier molecular flexibility index (Phi) is 3.98. The van der Waals surface area contributed by atoms with Gasteiger partial charge in [0.1, 0.15) is 0 Å². The second-order valence-electron chi connectivity index (χ2n) is 5.95. The van der Waals surface area contributed by atoms with Crippen LogP contribution in [0.1, 0.15) is 29.3 Å². The monoisotopic (exact) mass is 334 g/mol. The molecule has 4 rings (SSSR count). The van der Waals surface area contributed by atoms with E-state index in [1.54, 1.807) is 12.3 Å². The molecule has 2 heterocycles. The van der Waals surface area contributed by atoms with Crippen molar-refractivity contribution in [2.75, 3.05) is 0 Å². The summed E-state index contributed by atoms with van der Waals surface area (Å²) < 4.78 is 11.3. The fourth-order valence-electron chi connectivity index (χ4n) is 2.83. The van der Waals surface area contributed by atoms with Gasteiger partial charge in [0.05, 0.1) is 5.52 Å². The van der Waals surface area contributed by atoms with Crippen molar-refractivity contribution in [2.45, 2.75) is 26.2 Å². The van der Waals surface area contributed by atoms with E-state index in [0.717, 1.165) is 34.4 Å². The van der Waals surface area contributed by atoms with Crippen LogP contribution in [0.5, 0.6) is 11.5 Å². The number of rotatable bonds is 4. The molecule has 1 amide bonds. The van der Waals surface area contributed by atoms with E-state index in [4.69, 9.17) is 9.47 Å². The number of pyridine rings is 1. The number of nitrogens with zero attached hydrogens (tertiary/aromatic N) is 1. The summed E-state index contributed by atoms with van der Waals surface area (Å²) in [5.41, 5.74) is 2.46. The standard InChI is InChI=1S/C20H18N2O3/c1-2-19-24-17-8-5-13(10-18(17)25-19)12-22-20(23)15-6-7-16-14(11-15)4-3-9-21-16/h3-11,19H,2,12H2,1H3,(H,22,23). The topological polar surface area (TPSA) is 60.5 Å². The number of aromatic nitrogens is 1. The van der Waals surface area contributed by atoms with Gasteiger partial charge in [-0.05, 0) is 42.0 Å². The molecule has 0 fully saturated rings. The van der Waals surface area contributed by atoms with E-state index in [0.29, 0.717) is 12.1 Å². The van der Waals surface area contributed by atoms with Gasteiger partial charge < -0.3 is 14.8 Å². The molecule has 1 unspecified atom stereocenters. The first-order valence-electron chi connectivity index (χ1n) is 8.32. The van der Waals surface area contributed by atoms with Crippen molar-refractivity contribution in [1.82, 2.24) is 10.3 Å². The lowest BCUT2D eigenvalue weighted by molar-refractivity contribution is 0.0464. The largest absolute Gasteiger partial charge is 0.451 e. The van der Waals surface area contributed by atoms with Crippen LogP contribution in [0.4, 0.5) is 0 Å². The molecule has 3 aromatic rings. The number of nitrogens with one attached hydrogen (secondary N) is 1. The van der Waals surface area contributed by atoms with E-state index < -0.39 is 0 Å². The number of amides is 1. The first-order valence-corrected chi connectivity index (χ1v) is 8.32. The molecule has 0 bridgehead atoms. The van der Waals surface area contributed by atoms with Gasteiger partial charge in [-0.2, -0.15) is 0 Å². The third kappa shape index (κ3) is 3.13. The van der Waals surface area contributed by atoms with Crippen molar-refractivity contribution in [3.63, 3.8) is 0 Å². The van der Waals surface area contributed by atoms with Crippen LogP contribution in [0.25, 0.3) is 10.9 Å². The van der Waals surface area contributed by atoms with Crippen molar-refractivity contribution < 1.29 is 14.3 Å². The van der Waals surface area contributed by atoms with Crippen LogP contribution >= 0.6 is 0 Å². The highest BCUT2D eigenvalue weighted by molar-refractivity contribution is 5.97. The predicted octanol–water partition coefficient (Wildman–Crippen LogP) is 3.67. The Morgan fingerprint density at radius 1 is 1.12 bits per heavy atom. The third-order valence-electron chi connectivity index (χ3n) is 4.18. The van der Waals surface area contributed by atoms with Crippen LogP contribution in [-0.2, 0) is 6.54 Å². The zero-order valence-electron chi connectivity index (χ0n) is 13.9. The van der Waals surface area contributed by atoms with Crippen molar-refractivity contribution in [1.29, 1.82) is 0 Å². The zero-order valence-corrected chi connectivity index (χ0v) is 13.9. The van der Waals surface area contributed by atoms with E-state index >= 15 is 0 Å². The lowest BCUT2D eigenvalue weighted by Crippen LogP contribution is -2.22. The molecule has 5 heteroatoms. The molecule has 25 heavy (non-hydrogen) atoms. The first-order chi connectivity index (χ1) is 12.2. The van der Waals surface area contributed by atoms with Gasteiger partial charge in [-0.15, -0.1) is 0 Å². The number of benzene rings is 2. The normalized spacial score (nSPS) is 15.3. The Bertz CT molecular complexity index is 939. The molecular weight excluding hydrogens is 316 g/mol. The number of hydrogen-bond donors (Lipinski definition) is 1. The maximum Gasteiger partial charge on any atom is 0.251 e. The molecule has 5 nitrogen and oxygen atoms in total. The molecule has 0 saturated carbocycles. The highest BCUT2D eigenvalue weighted by atomic mass is 16.7. The van der Waals surface area contributed by atoms with Crippen LogP contribution < -0.4 is 14.8 Å². The minimum atomic E-state index is -0.217. The molecule has 0 saturated heterocycles. The van der Waals surface area contributed by atoms with Gasteiger partial charge in [0.2, 0.25) is 6.29 Å². The van der Waals surface area contributed by atoms with Gasteiger partial charge in [0, 0.05) is 30.1 Å². The fraction of sp³-hybridized carbons (Fsp3) is 0.200. The molecule has 0 aliphatic carbocycles. The molecule has 126 valence electrons. The fourth-order valence-corrected chi connectivity index (χ4v) is 2.83. The lowest BCUT2D eigenvalue weighted by Gasteiger charge is -2.07. The quantitative estimate of drug-likeness (QED) is 0.791. The number of ether oxygens (including phenoxy) is 2. The minimum Gasteiger partial charge on any atom is -0.451 e. The van der Waals surface area contributed by atoms with Gasteiger partial charge in [-0.1, -0.05) is 19.1 Å². The highest BCUT2D eigenvalue weighted by Gasteiger charge is 2.22. The van der Waals surface area contributed by atoms with Crippen molar-refractivity contribution in [3.05, 3.63) is 65.9 Å². The Labute approximate surface area is 145 Å². The molecule has 0 spiro atoms. The Morgan fingerprint density at radius 2 is 2.00 bits per heavy atom. The smallest absolute Gasteiger partial charge is 0.251 e. The number of carbonyl (C=O) groups is 1. The molecule has 1 aliphatic heterocycles. The van der Waals surface area contributed by atoms with Gasteiger partial charge >= 0.3 is 0 Å². The lowest BCUT2D eigenvalue weighted by atomic mass is 10.1. The van der Waals surface area contributed by atoms with Crippen molar-refractivity contribution >= 4 is 16.8 Å². The molecule has 1 aromatic heterocycles.